The van der Waals surface area contributed by atoms with Gasteiger partial charge in [-0.05, 0) is 28.1 Å². The van der Waals surface area contributed by atoms with Crippen molar-refractivity contribution in [3.05, 3.63) is 28.5 Å². The molecule has 48 valence electrons. The summed E-state index contributed by atoms with van der Waals surface area (Å²) in [7, 11) is 0. The van der Waals surface area contributed by atoms with E-state index in [1.165, 1.54) is 0 Å². The molecule has 0 spiro atoms. The zero-order valence-electron chi connectivity index (χ0n) is 4.64. The molecule has 0 atom stereocenters. The molecule has 0 unspecified atom stereocenters. The molecule has 1 nitrogen and oxygen atoms in total. The van der Waals surface area contributed by atoms with Crippen LogP contribution < -0.4 is 0 Å². The lowest BCUT2D eigenvalue weighted by Gasteiger charge is -1.92. The van der Waals surface area contributed by atoms with E-state index in [4.69, 9.17) is 11.6 Å². The first kappa shape index (κ1) is 7.03. The average molecular weight is 206 g/mol. The fraction of sp³-hybridized carbons (Fsp3) is 0.167. The highest BCUT2D eigenvalue weighted by molar-refractivity contribution is 9.10. The zero-order valence-corrected chi connectivity index (χ0v) is 6.98. The maximum absolute atomic E-state index is 5.52. The van der Waals surface area contributed by atoms with Gasteiger partial charge in [-0.3, -0.25) is 0 Å². The Kier molecular flexibility index (Phi) is 2.49. The van der Waals surface area contributed by atoms with Crippen LogP contribution >= 0.6 is 27.5 Å². The van der Waals surface area contributed by atoms with Crippen molar-refractivity contribution in [3.8, 4) is 0 Å². The van der Waals surface area contributed by atoms with E-state index in [0.29, 0.717) is 5.88 Å². The van der Waals surface area contributed by atoms with Gasteiger partial charge in [0.25, 0.3) is 0 Å². The monoisotopic (exact) mass is 205 g/mol. The van der Waals surface area contributed by atoms with Crippen LogP contribution in [0.15, 0.2) is 22.8 Å². The summed E-state index contributed by atoms with van der Waals surface area (Å²) in [6.45, 7) is 0. The molecule has 0 N–H and O–H groups in total. The van der Waals surface area contributed by atoms with E-state index in [1.807, 2.05) is 18.2 Å². The molecule has 9 heavy (non-hydrogen) atoms. The Morgan fingerprint density at radius 1 is 1.56 bits per heavy atom. The second kappa shape index (κ2) is 3.18. The molecule has 0 aliphatic carbocycles. The van der Waals surface area contributed by atoms with Crippen LogP contribution in [0.1, 0.15) is 5.69 Å². The molecular formula is C6H5BrClN. The molecule has 0 bridgehead atoms. The molecular weight excluding hydrogens is 201 g/mol. The Balaban J connectivity index is 2.94. The van der Waals surface area contributed by atoms with Crippen LogP contribution in [0.5, 0.6) is 0 Å². The van der Waals surface area contributed by atoms with Gasteiger partial charge in [0.2, 0.25) is 0 Å². The molecule has 0 aromatic carbocycles. The van der Waals surface area contributed by atoms with Crippen LogP contribution in [0.3, 0.4) is 0 Å². The third-order valence-corrected chi connectivity index (χ3v) is 1.63. The number of pyridine rings is 1. The lowest BCUT2D eigenvalue weighted by Crippen LogP contribution is -1.82. The molecule has 1 aromatic rings. The Hall–Kier alpha value is -0.0800. The Morgan fingerprint density at radius 2 is 2.33 bits per heavy atom. The van der Waals surface area contributed by atoms with Gasteiger partial charge < -0.3 is 0 Å². The number of halogens is 2. The first-order valence-corrected chi connectivity index (χ1v) is 3.83. The van der Waals surface area contributed by atoms with Crippen molar-refractivity contribution < 1.29 is 0 Å². The second-order valence-electron chi connectivity index (χ2n) is 1.59. The van der Waals surface area contributed by atoms with Gasteiger partial charge in [0.1, 0.15) is 4.60 Å². The van der Waals surface area contributed by atoms with E-state index in [2.05, 4.69) is 20.9 Å². The SMILES string of the molecule is ClCc1cccc(Br)n1. The minimum absolute atomic E-state index is 0.472. The van der Waals surface area contributed by atoms with Crippen molar-refractivity contribution >= 4 is 27.5 Å². The molecule has 0 fully saturated rings. The molecule has 0 aliphatic heterocycles. The molecule has 1 aromatic heterocycles. The van der Waals surface area contributed by atoms with Crippen molar-refractivity contribution in [2.24, 2.45) is 0 Å². The average Bonchev–Trinajstić information content (AvgIpc) is 1.88. The number of rotatable bonds is 1. The van der Waals surface area contributed by atoms with Crippen molar-refractivity contribution in [1.29, 1.82) is 0 Å². The lowest BCUT2D eigenvalue weighted by molar-refractivity contribution is 1.14. The Labute approximate surface area is 67.2 Å². The van der Waals surface area contributed by atoms with E-state index in [1.54, 1.807) is 0 Å². The van der Waals surface area contributed by atoms with Crippen LogP contribution in [-0.2, 0) is 5.88 Å². The summed E-state index contributed by atoms with van der Waals surface area (Å²) in [5, 5.41) is 0. The van der Waals surface area contributed by atoms with Gasteiger partial charge in [-0.1, -0.05) is 6.07 Å². The zero-order chi connectivity index (χ0) is 6.69. The molecule has 0 saturated carbocycles. The highest BCUT2D eigenvalue weighted by atomic mass is 79.9. The van der Waals surface area contributed by atoms with Gasteiger partial charge in [-0.15, -0.1) is 11.6 Å². The summed E-state index contributed by atoms with van der Waals surface area (Å²) in [6.07, 6.45) is 0. The van der Waals surface area contributed by atoms with Crippen LogP contribution in [0, 0.1) is 0 Å². The third-order valence-electron chi connectivity index (χ3n) is 0.910. The van der Waals surface area contributed by atoms with Gasteiger partial charge in [0, 0.05) is 0 Å². The van der Waals surface area contributed by atoms with Crippen molar-refractivity contribution in [1.82, 2.24) is 4.98 Å². The maximum Gasteiger partial charge on any atom is 0.106 e. The van der Waals surface area contributed by atoms with Crippen LogP contribution in [0.25, 0.3) is 0 Å². The van der Waals surface area contributed by atoms with Crippen LogP contribution in [0.2, 0.25) is 0 Å². The van der Waals surface area contributed by atoms with Crippen molar-refractivity contribution in [3.63, 3.8) is 0 Å². The summed E-state index contributed by atoms with van der Waals surface area (Å²) >= 11 is 8.75. The molecule has 0 aliphatic rings. The summed E-state index contributed by atoms with van der Waals surface area (Å²) in [6, 6.07) is 5.67. The van der Waals surface area contributed by atoms with Crippen molar-refractivity contribution in [2.75, 3.05) is 0 Å². The number of hydrogen-bond acceptors (Lipinski definition) is 1. The van der Waals surface area contributed by atoms with E-state index < -0.39 is 0 Å². The number of nitrogens with zero attached hydrogens (tertiary/aromatic N) is 1. The predicted molar refractivity (Wildman–Crippen MR) is 41.5 cm³/mol. The standard InChI is InChI=1S/C6H5BrClN/c7-6-3-1-2-5(4-8)9-6/h1-3H,4H2. The Morgan fingerprint density at radius 3 is 2.78 bits per heavy atom. The minimum Gasteiger partial charge on any atom is -0.245 e. The smallest absolute Gasteiger partial charge is 0.106 e. The largest absolute Gasteiger partial charge is 0.245 e. The quantitative estimate of drug-likeness (QED) is 0.508. The molecule has 1 rings (SSSR count). The highest BCUT2D eigenvalue weighted by Gasteiger charge is 1.90. The number of alkyl halides is 1. The van der Waals surface area contributed by atoms with E-state index in [-0.39, 0.29) is 0 Å². The van der Waals surface area contributed by atoms with Crippen molar-refractivity contribution in [2.45, 2.75) is 5.88 Å². The van der Waals surface area contributed by atoms with Gasteiger partial charge >= 0.3 is 0 Å². The predicted octanol–water partition coefficient (Wildman–Crippen LogP) is 2.58. The maximum atomic E-state index is 5.52. The molecule has 0 radical (unpaired) electrons. The van der Waals surface area contributed by atoms with Gasteiger partial charge in [0.15, 0.2) is 0 Å². The molecule has 1 heterocycles. The molecule has 3 heteroatoms. The fourth-order valence-electron chi connectivity index (χ4n) is 0.525. The second-order valence-corrected chi connectivity index (χ2v) is 2.67. The van der Waals surface area contributed by atoms with Crippen LogP contribution in [0.4, 0.5) is 0 Å². The number of hydrogen-bond donors (Lipinski definition) is 0. The van der Waals surface area contributed by atoms with Gasteiger partial charge in [-0.2, -0.15) is 0 Å². The van der Waals surface area contributed by atoms with Gasteiger partial charge in [0.05, 0.1) is 11.6 Å². The van der Waals surface area contributed by atoms with E-state index in [0.717, 1.165) is 10.3 Å². The van der Waals surface area contributed by atoms with E-state index in [9.17, 15) is 0 Å². The molecule has 0 amide bonds. The summed E-state index contributed by atoms with van der Waals surface area (Å²) in [5.41, 5.74) is 0.894. The summed E-state index contributed by atoms with van der Waals surface area (Å²) in [5.74, 6) is 0.472. The highest BCUT2D eigenvalue weighted by Crippen LogP contribution is 2.07. The third kappa shape index (κ3) is 1.95. The van der Waals surface area contributed by atoms with Gasteiger partial charge in [-0.25, -0.2) is 4.98 Å². The number of aromatic nitrogens is 1. The lowest BCUT2D eigenvalue weighted by atomic mass is 10.4. The topological polar surface area (TPSA) is 12.9 Å². The van der Waals surface area contributed by atoms with Crippen LogP contribution in [-0.4, -0.2) is 4.98 Å². The molecule has 0 saturated heterocycles. The summed E-state index contributed by atoms with van der Waals surface area (Å²) in [4.78, 5) is 4.08. The first-order chi connectivity index (χ1) is 4.33. The first-order valence-electron chi connectivity index (χ1n) is 2.50. The Bertz CT molecular complexity index is 202. The minimum atomic E-state index is 0.472. The van der Waals surface area contributed by atoms with E-state index >= 15 is 0 Å². The fourth-order valence-corrected chi connectivity index (χ4v) is 1.05. The normalized spacial score (nSPS) is 9.56. The summed E-state index contributed by atoms with van der Waals surface area (Å²) < 4.78 is 0.834.